The van der Waals surface area contributed by atoms with Crippen LogP contribution in [0.2, 0.25) is 0 Å². The van der Waals surface area contributed by atoms with E-state index in [9.17, 15) is 4.79 Å². The van der Waals surface area contributed by atoms with E-state index in [1.807, 2.05) is 31.2 Å². The molecule has 2 rings (SSSR count). The number of hydrogen-bond donors (Lipinski definition) is 2. The Labute approximate surface area is 121 Å². The highest BCUT2D eigenvalue weighted by Gasteiger charge is 2.15. The maximum Gasteiger partial charge on any atom is 0.224 e. The molecule has 1 saturated heterocycles. The van der Waals surface area contributed by atoms with Crippen molar-refractivity contribution in [2.45, 2.75) is 38.6 Å². The molecule has 1 aliphatic rings. The van der Waals surface area contributed by atoms with Crippen LogP contribution in [0.3, 0.4) is 0 Å². The highest BCUT2D eigenvalue weighted by atomic mass is 16.1. The second kappa shape index (κ2) is 7.41. The number of hydrogen-bond acceptors (Lipinski definition) is 3. The fourth-order valence-corrected chi connectivity index (χ4v) is 2.59. The van der Waals surface area contributed by atoms with Crippen LogP contribution in [-0.4, -0.2) is 36.5 Å². The largest absolute Gasteiger partial charge is 0.328 e. The molecule has 0 radical (unpaired) electrons. The van der Waals surface area contributed by atoms with Crippen molar-refractivity contribution >= 4 is 11.6 Å². The van der Waals surface area contributed by atoms with Gasteiger partial charge in [-0.25, -0.2) is 0 Å². The molecule has 0 spiro atoms. The van der Waals surface area contributed by atoms with E-state index < -0.39 is 0 Å². The lowest BCUT2D eigenvalue weighted by Crippen LogP contribution is -2.40. The van der Waals surface area contributed by atoms with Gasteiger partial charge >= 0.3 is 0 Å². The molecule has 1 aliphatic heterocycles. The Morgan fingerprint density at radius 3 is 2.85 bits per heavy atom. The van der Waals surface area contributed by atoms with E-state index in [0.717, 1.165) is 50.1 Å². The SMILES string of the molecule is Cc1cccc(NC(=O)CCCN2CCC(N)CC2)c1. The normalized spacial score (nSPS) is 17.1. The van der Waals surface area contributed by atoms with Gasteiger partial charge in [0, 0.05) is 18.2 Å². The molecule has 1 aromatic carbocycles. The van der Waals surface area contributed by atoms with Crippen molar-refractivity contribution in [2.24, 2.45) is 5.73 Å². The van der Waals surface area contributed by atoms with Crippen molar-refractivity contribution in [1.29, 1.82) is 0 Å². The molecule has 0 bridgehead atoms. The van der Waals surface area contributed by atoms with Crippen LogP contribution < -0.4 is 11.1 Å². The number of nitrogens with one attached hydrogen (secondary N) is 1. The minimum Gasteiger partial charge on any atom is -0.328 e. The number of amides is 1. The monoisotopic (exact) mass is 275 g/mol. The number of rotatable bonds is 5. The maximum atomic E-state index is 11.9. The zero-order valence-electron chi connectivity index (χ0n) is 12.3. The smallest absolute Gasteiger partial charge is 0.224 e. The molecule has 0 atom stereocenters. The van der Waals surface area contributed by atoms with E-state index in [0.29, 0.717) is 12.5 Å². The van der Waals surface area contributed by atoms with Gasteiger partial charge in [-0.2, -0.15) is 0 Å². The summed E-state index contributed by atoms with van der Waals surface area (Å²) < 4.78 is 0. The zero-order valence-corrected chi connectivity index (χ0v) is 12.3. The van der Waals surface area contributed by atoms with Crippen LogP contribution in [0, 0.1) is 6.92 Å². The van der Waals surface area contributed by atoms with E-state index in [-0.39, 0.29) is 5.91 Å². The zero-order chi connectivity index (χ0) is 14.4. The van der Waals surface area contributed by atoms with Crippen LogP contribution in [0.25, 0.3) is 0 Å². The van der Waals surface area contributed by atoms with Gasteiger partial charge in [-0.15, -0.1) is 0 Å². The number of piperidine rings is 1. The van der Waals surface area contributed by atoms with Crippen molar-refractivity contribution in [1.82, 2.24) is 4.90 Å². The van der Waals surface area contributed by atoms with Gasteiger partial charge in [-0.3, -0.25) is 4.79 Å². The first-order valence-corrected chi connectivity index (χ1v) is 7.48. The molecule has 1 heterocycles. The second-order valence-electron chi connectivity index (χ2n) is 5.70. The quantitative estimate of drug-likeness (QED) is 0.865. The molecule has 4 heteroatoms. The van der Waals surface area contributed by atoms with Crippen molar-refractivity contribution in [2.75, 3.05) is 25.0 Å². The number of nitrogens with zero attached hydrogens (tertiary/aromatic N) is 1. The Bertz CT molecular complexity index is 439. The summed E-state index contributed by atoms with van der Waals surface area (Å²) in [5.74, 6) is 0.101. The molecule has 0 saturated carbocycles. The van der Waals surface area contributed by atoms with Gasteiger partial charge in [0.25, 0.3) is 0 Å². The van der Waals surface area contributed by atoms with Crippen molar-refractivity contribution in [3.63, 3.8) is 0 Å². The van der Waals surface area contributed by atoms with Crippen LogP contribution in [-0.2, 0) is 4.79 Å². The van der Waals surface area contributed by atoms with Gasteiger partial charge in [0.15, 0.2) is 0 Å². The van der Waals surface area contributed by atoms with E-state index in [4.69, 9.17) is 5.73 Å². The minimum atomic E-state index is 0.101. The lowest BCUT2D eigenvalue weighted by atomic mass is 10.1. The minimum absolute atomic E-state index is 0.101. The number of carbonyl (C=O) groups is 1. The molecular formula is C16H25N3O. The fourth-order valence-electron chi connectivity index (χ4n) is 2.59. The fraction of sp³-hybridized carbons (Fsp3) is 0.562. The third-order valence-corrected chi connectivity index (χ3v) is 3.81. The summed E-state index contributed by atoms with van der Waals surface area (Å²) in [6, 6.07) is 8.27. The molecular weight excluding hydrogens is 250 g/mol. The van der Waals surface area contributed by atoms with Crippen molar-refractivity contribution in [3.05, 3.63) is 29.8 Å². The van der Waals surface area contributed by atoms with Gasteiger partial charge < -0.3 is 16.0 Å². The summed E-state index contributed by atoms with van der Waals surface area (Å²) >= 11 is 0. The van der Waals surface area contributed by atoms with Crippen LogP contribution in [0.4, 0.5) is 5.69 Å². The number of likely N-dealkylation sites (tertiary alicyclic amines) is 1. The third kappa shape index (κ3) is 4.94. The third-order valence-electron chi connectivity index (χ3n) is 3.81. The lowest BCUT2D eigenvalue weighted by Gasteiger charge is -2.29. The molecule has 20 heavy (non-hydrogen) atoms. The van der Waals surface area contributed by atoms with Crippen molar-refractivity contribution < 1.29 is 4.79 Å². The molecule has 0 aromatic heterocycles. The van der Waals surface area contributed by atoms with Crippen LogP contribution in [0.5, 0.6) is 0 Å². The van der Waals surface area contributed by atoms with E-state index in [2.05, 4.69) is 10.2 Å². The molecule has 1 amide bonds. The predicted molar refractivity (Wildman–Crippen MR) is 82.7 cm³/mol. The number of aryl methyl sites for hydroxylation is 1. The van der Waals surface area contributed by atoms with E-state index in [1.165, 1.54) is 0 Å². The van der Waals surface area contributed by atoms with Gasteiger partial charge in [-0.1, -0.05) is 12.1 Å². The van der Waals surface area contributed by atoms with Crippen LogP contribution in [0.15, 0.2) is 24.3 Å². The second-order valence-corrected chi connectivity index (χ2v) is 5.70. The molecule has 1 fully saturated rings. The summed E-state index contributed by atoms with van der Waals surface area (Å²) in [7, 11) is 0. The Morgan fingerprint density at radius 1 is 1.40 bits per heavy atom. The molecule has 1 aromatic rings. The van der Waals surface area contributed by atoms with E-state index in [1.54, 1.807) is 0 Å². The summed E-state index contributed by atoms with van der Waals surface area (Å²) in [6.07, 6.45) is 3.65. The molecule has 0 aliphatic carbocycles. The average Bonchev–Trinajstić information content (AvgIpc) is 2.41. The van der Waals surface area contributed by atoms with E-state index >= 15 is 0 Å². The Balaban J connectivity index is 1.65. The first kappa shape index (κ1) is 15.0. The Kier molecular flexibility index (Phi) is 5.56. The molecule has 3 N–H and O–H groups in total. The predicted octanol–water partition coefficient (Wildman–Crippen LogP) is 2.14. The maximum absolute atomic E-state index is 11.9. The Morgan fingerprint density at radius 2 is 2.15 bits per heavy atom. The number of benzene rings is 1. The highest BCUT2D eigenvalue weighted by Crippen LogP contribution is 2.11. The first-order chi connectivity index (χ1) is 9.63. The van der Waals surface area contributed by atoms with Crippen LogP contribution >= 0.6 is 0 Å². The summed E-state index contributed by atoms with van der Waals surface area (Å²) in [5, 5.41) is 2.95. The number of nitrogens with two attached hydrogens (primary N) is 1. The molecule has 110 valence electrons. The van der Waals surface area contributed by atoms with Crippen molar-refractivity contribution in [3.8, 4) is 0 Å². The van der Waals surface area contributed by atoms with Crippen LogP contribution in [0.1, 0.15) is 31.2 Å². The first-order valence-electron chi connectivity index (χ1n) is 7.48. The number of anilines is 1. The number of carbonyl (C=O) groups excluding carboxylic acids is 1. The average molecular weight is 275 g/mol. The molecule has 0 unspecified atom stereocenters. The summed E-state index contributed by atoms with van der Waals surface area (Å²) in [4.78, 5) is 14.3. The van der Waals surface area contributed by atoms with Gasteiger partial charge in [0.2, 0.25) is 5.91 Å². The molecule has 4 nitrogen and oxygen atoms in total. The van der Waals surface area contributed by atoms with Gasteiger partial charge in [-0.05, 0) is 63.5 Å². The summed E-state index contributed by atoms with van der Waals surface area (Å²) in [6.45, 7) is 5.16. The summed E-state index contributed by atoms with van der Waals surface area (Å²) in [5.41, 5.74) is 7.93. The topological polar surface area (TPSA) is 58.4 Å². The Hall–Kier alpha value is -1.39. The van der Waals surface area contributed by atoms with Gasteiger partial charge in [0.05, 0.1) is 0 Å². The van der Waals surface area contributed by atoms with Gasteiger partial charge in [0.1, 0.15) is 0 Å². The lowest BCUT2D eigenvalue weighted by molar-refractivity contribution is -0.116. The standard InChI is InChI=1S/C16H25N3O/c1-13-4-2-5-15(12-13)18-16(20)6-3-9-19-10-7-14(17)8-11-19/h2,4-5,12,14H,3,6-11,17H2,1H3,(H,18,20). The highest BCUT2D eigenvalue weighted by molar-refractivity contribution is 5.90.